The summed E-state index contributed by atoms with van der Waals surface area (Å²) in [4.78, 5) is 8.36. The second-order valence-electron chi connectivity index (χ2n) is 5.36. The van der Waals surface area contributed by atoms with Crippen LogP contribution in [0.1, 0.15) is 23.7 Å². The number of aromatic nitrogens is 2. The predicted molar refractivity (Wildman–Crippen MR) is 96.9 cm³/mol. The molecule has 4 heteroatoms. The number of benzene rings is 2. The molecule has 3 rings (SSSR count). The molecular weight excluding hydrogens is 298 g/mol. The Kier molecular flexibility index (Phi) is 4.57. The molecule has 0 amide bonds. The van der Waals surface area contributed by atoms with Crippen LogP contribution in [0.15, 0.2) is 67.0 Å². The Morgan fingerprint density at radius 2 is 1.62 bits per heavy atom. The Morgan fingerprint density at radius 1 is 0.958 bits per heavy atom. The molecule has 0 bridgehead atoms. The summed E-state index contributed by atoms with van der Waals surface area (Å²) in [7, 11) is 0. The number of nitrogen functional groups attached to an aromatic ring is 1. The molecule has 3 aromatic rings. The molecule has 0 saturated carbocycles. The van der Waals surface area contributed by atoms with Crippen molar-refractivity contribution in [2.45, 2.75) is 13.8 Å². The molecule has 1 heterocycles. The summed E-state index contributed by atoms with van der Waals surface area (Å²) >= 11 is 0. The number of para-hydroxylation sites is 1. The molecule has 4 nitrogen and oxygen atoms in total. The molecule has 24 heavy (non-hydrogen) atoms. The zero-order chi connectivity index (χ0) is 16.9. The molecule has 0 fully saturated rings. The van der Waals surface area contributed by atoms with E-state index in [-0.39, 0.29) is 0 Å². The maximum atomic E-state index is 6.05. The third-order valence-corrected chi connectivity index (χ3v) is 3.77. The SMILES string of the molecule is CC=C(c1ccc(Oc2ccccc2)cc1)c1c(C)ncnc1N. The topological polar surface area (TPSA) is 61.0 Å². The number of aryl methyl sites for hydroxylation is 1. The lowest BCUT2D eigenvalue weighted by molar-refractivity contribution is 0.482. The Balaban J connectivity index is 1.89. The smallest absolute Gasteiger partial charge is 0.134 e. The molecular formula is C20H19N3O. The average molecular weight is 317 g/mol. The molecule has 2 N–H and O–H groups in total. The fourth-order valence-corrected chi connectivity index (χ4v) is 2.61. The number of anilines is 1. The lowest BCUT2D eigenvalue weighted by Crippen LogP contribution is -2.02. The molecule has 0 atom stereocenters. The van der Waals surface area contributed by atoms with Gasteiger partial charge >= 0.3 is 0 Å². The van der Waals surface area contributed by atoms with Gasteiger partial charge in [0.2, 0.25) is 0 Å². The van der Waals surface area contributed by atoms with E-state index < -0.39 is 0 Å². The summed E-state index contributed by atoms with van der Waals surface area (Å²) in [6, 6.07) is 17.6. The molecule has 0 spiro atoms. The van der Waals surface area contributed by atoms with Gasteiger partial charge < -0.3 is 10.5 Å². The minimum absolute atomic E-state index is 0.486. The fourth-order valence-electron chi connectivity index (χ4n) is 2.61. The minimum Gasteiger partial charge on any atom is -0.457 e. The monoisotopic (exact) mass is 317 g/mol. The van der Waals surface area contributed by atoms with E-state index in [1.807, 2.05) is 74.5 Å². The van der Waals surface area contributed by atoms with E-state index in [1.165, 1.54) is 6.33 Å². The summed E-state index contributed by atoms with van der Waals surface area (Å²) in [5.41, 5.74) is 9.84. The van der Waals surface area contributed by atoms with Gasteiger partial charge in [0.1, 0.15) is 23.6 Å². The number of nitrogens with two attached hydrogens (primary N) is 1. The number of rotatable bonds is 4. The summed E-state index contributed by atoms with van der Waals surface area (Å²) in [5, 5.41) is 0. The highest BCUT2D eigenvalue weighted by molar-refractivity contribution is 5.85. The Bertz CT molecular complexity index is 836. The van der Waals surface area contributed by atoms with Crippen LogP contribution < -0.4 is 10.5 Å². The Morgan fingerprint density at radius 3 is 2.25 bits per heavy atom. The first kappa shape index (κ1) is 15.7. The van der Waals surface area contributed by atoms with Gasteiger partial charge in [-0.25, -0.2) is 9.97 Å². The first-order valence-corrected chi connectivity index (χ1v) is 7.76. The van der Waals surface area contributed by atoms with E-state index in [4.69, 9.17) is 10.5 Å². The first-order chi connectivity index (χ1) is 11.7. The van der Waals surface area contributed by atoms with Gasteiger partial charge in [0.25, 0.3) is 0 Å². The highest BCUT2D eigenvalue weighted by Crippen LogP contribution is 2.30. The van der Waals surface area contributed by atoms with Crippen molar-refractivity contribution < 1.29 is 4.74 Å². The molecule has 120 valence electrons. The van der Waals surface area contributed by atoms with Crippen LogP contribution in [0.2, 0.25) is 0 Å². The third kappa shape index (κ3) is 3.27. The lowest BCUT2D eigenvalue weighted by atomic mass is 9.97. The van der Waals surface area contributed by atoms with Crippen molar-refractivity contribution in [2.24, 2.45) is 0 Å². The molecule has 0 aliphatic carbocycles. The van der Waals surface area contributed by atoms with Gasteiger partial charge in [-0.3, -0.25) is 0 Å². The zero-order valence-corrected chi connectivity index (χ0v) is 13.7. The molecule has 0 aliphatic heterocycles. The normalized spacial score (nSPS) is 11.3. The number of nitrogens with zero attached hydrogens (tertiary/aromatic N) is 2. The van der Waals surface area contributed by atoms with Crippen molar-refractivity contribution in [2.75, 3.05) is 5.73 Å². The van der Waals surface area contributed by atoms with Crippen LogP contribution in [0, 0.1) is 6.92 Å². The van der Waals surface area contributed by atoms with Crippen LogP contribution in [0.4, 0.5) is 5.82 Å². The van der Waals surface area contributed by atoms with Gasteiger partial charge in [-0.2, -0.15) is 0 Å². The number of ether oxygens (including phenoxy) is 1. The van der Waals surface area contributed by atoms with Crippen LogP contribution in [0.25, 0.3) is 5.57 Å². The molecule has 1 aromatic heterocycles. The summed E-state index contributed by atoms with van der Waals surface area (Å²) < 4.78 is 5.83. The Labute approximate surface area is 141 Å². The van der Waals surface area contributed by atoms with Crippen molar-refractivity contribution in [1.29, 1.82) is 0 Å². The maximum Gasteiger partial charge on any atom is 0.134 e. The van der Waals surface area contributed by atoms with Crippen molar-refractivity contribution in [3.8, 4) is 11.5 Å². The number of allylic oxidation sites excluding steroid dienone is 1. The highest BCUT2D eigenvalue weighted by Gasteiger charge is 2.12. The van der Waals surface area contributed by atoms with Gasteiger partial charge in [0.05, 0.1) is 5.69 Å². The summed E-state index contributed by atoms with van der Waals surface area (Å²) in [6.45, 7) is 3.92. The number of hydrogen-bond acceptors (Lipinski definition) is 4. The van der Waals surface area contributed by atoms with E-state index in [2.05, 4.69) is 9.97 Å². The summed E-state index contributed by atoms with van der Waals surface area (Å²) in [6.07, 6.45) is 3.51. The second-order valence-corrected chi connectivity index (χ2v) is 5.36. The van der Waals surface area contributed by atoms with E-state index in [0.29, 0.717) is 5.82 Å². The summed E-state index contributed by atoms with van der Waals surface area (Å²) in [5.74, 6) is 2.09. The van der Waals surface area contributed by atoms with Gasteiger partial charge in [-0.05, 0) is 49.2 Å². The molecule has 0 saturated heterocycles. The maximum absolute atomic E-state index is 6.05. The molecule has 0 radical (unpaired) electrons. The molecule has 0 aliphatic rings. The van der Waals surface area contributed by atoms with Crippen molar-refractivity contribution in [1.82, 2.24) is 9.97 Å². The average Bonchev–Trinajstić information content (AvgIpc) is 2.60. The number of hydrogen-bond donors (Lipinski definition) is 1. The van der Waals surface area contributed by atoms with Crippen LogP contribution in [-0.2, 0) is 0 Å². The largest absolute Gasteiger partial charge is 0.457 e. The van der Waals surface area contributed by atoms with Crippen LogP contribution in [0.3, 0.4) is 0 Å². The minimum atomic E-state index is 0.486. The predicted octanol–water partition coefficient (Wildman–Crippen LogP) is 4.61. The quantitative estimate of drug-likeness (QED) is 0.763. The van der Waals surface area contributed by atoms with Crippen LogP contribution in [-0.4, -0.2) is 9.97 Å². The molecule has 0 unspecified atom stereocenters. The van der Waals surface area contributed by atoms with Crippen molar-refractivity contribution in [3.05, 3.63) is 83.8 Å². The highest BCUT2D eigenvalue weighted by atomic mass is 16.5. The van der Waals surface area contributed by atoms with Gasteiger partial charge in [-0.1, -0.05) is 36.4 Å². The van der Waals surface area contributed by atoms with E-state index >= 15 is 0 Å². The van der Waals surface area contributed by atoms with Crippen LogP contribution >= 0.6 is 0 Å². The van der Waals surface area contributed by atoms with E-state index in [0.717, 1.165) is 33.9 Å². The van der Waals surface area contributed by atoms with Crippen molar-refractivity contribution in [3.63, 3.8) is 0 Å². The second kappa shape index (κ2) is 6.96. The van der Waals surface area contributed by atoms with Gasteiger partial charge in [-0.15, -0.1) is 0 Å². The lowest BCUT2D eigenvalue weighted by Gasteiger charge is -2.13. The van der Waals surface area contributed by atoms with Crippen LogP contribution in [0.5, 0.6) is 11.5 Å². The van der Waals surface area contributed by atoms with E-state index in [1.54, 1.807) is 0 Å². The Hall–Kier alpha value is -3.14. The fraction of sp³-hybridized carbons (Fsp3) is 0.100. The zero-order valence-electron chi connectivity index (χ0n) is 13.7. The first-order valence-electron chi connectivity index (χ1n) is 7.76. The van der Waals surface area contributed by atoms with E-state index in [9.17, 15) is 0 Å². The molecule has 2 aromatic carbocycles. The third-order valence-electron chi connectivity index (χ3n) is 3.77. The standard InChI is InChI=1S/C20H19N3O/c1-3-18(19-14(2)22-13-23-20(19)21)15-9-11-17(12-10-15)24-16-7-5-4-6-8-16/h3-13H,1-2H3,(H2,21,22,23). The van der Waals surface area contributed by atoms with Gasteiger partial charge in [0.15, 0.2) is 0 Å². The van der Waals surface area contributed by atoms with Crippen molar-refractivity contribution >= 4 is 11.4 Å². The van der Waals surface area contributed by atoms with Gasteiger partial charge in [0, 0.05) is 5.56 Å².